The Morgan fingerprint density at radius 3 is 3.00 bits per heavy atom. The van der Waals surface area contributed by atoms with Gasteiger partial charge >= 0.3 is 5.97 Å². The Balaban J connectivity index is 1.85. The van der Waals surface area contributed by atoms with Crippen molar-refractivity contribution < 1.29 is 9.53 Å². The zero-order chi connectivity index (χ0) is 11.4. The quantitative estimate of drug-likeness (QED) is 0.461. The molecule has 0 radical (unpaired) electrons. The van der Waals surface area contributed by atoms with Crippen molar-refractivity contribution in [2.45, 2.75) is 25.9 Å². The van der Waals surface area contributed by atoms with Gasteiger partial charge in [-0.3, -0.25) is 0 Å². The summed E-state index contributed by atoms with van der Waals surface area (Å²) in [6, 6.07) is 3.46. The second-order valence-electron chi connectivity index (χ2n) is 3.75. The number of esters is 1. The fraction of sp³-hybridized carbons (Fsp3) is 0.333. The topological polar surface area (TPSA) is 39.2 Å². The molecule has 1 aromatic rings. The summed E-state index contributed by atoms with van der Waals surface area (Å²) in [6.07, 6.45) is 6.41. The van der Waals surface area contributed by atoms with Crippen molar-refractivity contribution in [3.63, 3.8) is 0 Å². The average Bonchev–Trinajstić information content (AvgIpc) is 2.21. The fourth-order valence-corrected chi connectivity index (χ4v) is 1.62. The molecule has 84 valence electrons. The number of carbonyl (C=O) groups excluding carboxylic acids is 1. The lowest BCUT2D eigenvalue weighted by Gasteiger charge is -2.15. The van der Waals surface area contributed by atoms with Gasteiger partial charge in [-0.2, -0.15) is 0 Å². The van der Waals surface area contributed by atoms with Crippen LogP contribution in [-0.2, 0) is 16.1 Å². The molecule has 1 fully saturated rings. The summed E-state index contributed by atoms with van der Waals surface area (Å²) >= 11 is 5.71. The molecule has 16 heavy (non-hydrogen) atoms. The van der Waals surface area contributed by atoms with E-state index in [1.54, 1.807) is 24.4 Å². The second-order valence-corrected chi connectivity index (χ2v) is 4.14. The number of halogens is 1. The Labute approximate surface area is 99.1 Å². The van der Waals surface area contributed by atoms with E-state index < -0.39 is 0 Å². The zero-order valence-electron chi connectivity index (χ0n) is 8.78. The number of carbonyl (C=O) groups is 1. The molecule has 0 N–H and O–H groups in total. The standard InChI is InChI=1S/C12H12ClNO2/c13-11-6-10(4-5-14-11)8-16-12(15)7-9-2-1-3-9/h4-7H,1-3,8H2. The monoisotopic (exact) mass is 237 g/mol. The molecular weight excluding hydrogens is 226 g/mol. The third-order valence-electron chi connectivity index (χ3n) is 2.49. The molecule has 0 amide bonds. The van der Waals surface area contributed by atoms with Gasteiger partial charge in [0.1, 0.15) is 11.8 Å². The lowest BCUT2D eigenvalue weighted by Crippen LogP contribution is -2.05. The number of ether oxygens (including phenoxy) is 1. The minimum atomic E-state index is -0.275. The van der Waals surface area contributed by atoms with Gasteiger partial charge < -0.3 is 4.74 Å². The van der Waals surface area contributed by atoms with Gasteiger partial charge in [0.05, 0.1) is 0 Å². The highest BCUT2D eigenvalue weighted by Crippen LogP contribution is 2.24. The van der Waals surface area contributed by atoms with Crippen LogP contribution in [-0.4, -0.2) is 11.0 Å². The maximum absolute atomic E-state index is 11.4. The molecule has 0 spiro atoms. The van der Waals surface area contributed by atoms with Crippen molar-refractivity contribution in [2.75, 3.05) is 0 Å². The molecule has 0 aliphatic heterocycles. The molecular formula is C12H12ClNO2. The number of aromatic nitrogens is 1. The first kappa shape index (κ1) is 11.1. The van der Waals surface area contributed by atoms with E-state index in [2.05, 4.69) is 4.98 Å². The number of hydrogen-bond acceptors (Lipinski definition) is 3. The van der Waals surface area contributed by atoms with Crippen LogP contribution in [0.2, 0.25) is 5.15 Å². The van der Waals surface area contributed by atoms with E-state index in [0.29, 0.717) is 5.15 Å². The van der Waals surface area contributed by atoms with Gasteiger partial charge in [-0.15, -0.1) is 0 Å². The highest BCUT2D eigenvalue weighted by Gasteiger charge is 2.10. The van der Waals surface area contributed by atoms with Gasteiger partial charge in [0.15, 0.2) is 0 Å². The predicted molar refractivity (Wildman–Crippen MR) is 61.0 cm³/mol. The first-order chi connectivity index (χ1) is 7.74. The molecule has 0 atom stereocenters. The van der Waals surface area contributed by atoms with Crippen molar-refractivity contribution in [2.24, 2.45) is 0 Å². The maximum atomic E-state index is 11.4. The smallest absolute Gasteiger partial charge is 0.331 e. The normalized spacial score (nSPS) is 14.2. The summed E-state index contributed by atoms with van der Waals surface area (Å²) < 4.78 is 5.09. The van der Waals surface area contributed by atoms with Crippen molar-refractivity contribution >= 4 is 17.6 Å². The van der Waals surface area contributed by atoms with E-state index in [9.17, 15) is 4.79 Å². The molecule has 0 saturated heterocycles. The van der Waals surface area contributed by atoms with Crippen LogP contribution in [0.4, 0.5) is 0 Å². The average molecular weight is 238 g/mol. The number of allylic oxidation sites excluding steroid dienone is 1. The number of hydrogen-bond donors (Lipinski definition) is 0. The van der Waals surface area contributed by atoms with Gasteiger partial charge in [-0.25, -0.2) is 9.78 Å². The molecule has 1 aliphatic carbocycles. The van der Waals surface area contributed by atoms with Gasteiger partial charge in [-0.05, 0) is 37.0 Å². The van der Waals surface area contributed by atoms with E-state index in [1.165, 1.54) is 12.0 Å². The summed E-state index contributed by atoms with van der Waals surface area (Å²) in [4.78, 5) is 15.2. The third-order valence-corrected chi connectivity index (χ3v) is 2.70. The van der Waals surface area contributed by atoms with Crippen LogP contribution in [0.25, 0.3) is 0 Å². The minimum absolute atomic E-state index is 0.241. The molecule has 3 nitrogen and oxygen atoms in total. The number of rotatable bonds is 3. The molecule has 1 saturated carbocycles. The van der Waals surface area contributed by atoms with Crippen molar-refractivity contribution in [3.8, 4) is 0 Å². The Bertz CT molecular complexity index is 423. The largest absolute Gasteiger partial charge is 0.458 e. The van der Waals surface area contributed by atoms with Crippen molar-refractivity contribution in [3.05, 3.63) is 40.7 Å². The lowest BCUT2D eigenvalue weighted by molar-refractivity contribution is -0.139. The van der Waals surface area contributed by atoms with Crippen LogP contribution >= 0.6 is 11.6 Å². The predicted octanol–water partition coefficient (Wildman–Crippen LogP) is 2.89. The van der Waals surface area contributed by atoms with E-state index in [0.717, 1.165) is 18.4 Å². The van der Waals surface area contributed by atoms with E-state index in [1.807, 2.05) is 0 Å². The van der Waals surface area contributed by atoms with Gasteiger partial charge in [0.25, 0.3) is 0 Å². The minimum Gasteiger partial charge on any atom is -0.458 e. The summed E-state index contributed by atoms with van der Waals surface area (Å²) in [6.45, 7) is 0.241. The Hall–Kier alpha value is -1.35. The van der Waals surface area contributed by atoms with E-state index >= 15 is 0 Å². The summed E-state index contributed by atoms with van der Waals surface area (Å²) in [5.41, 5.74) is 2.03. The molecule has 2 rings (SSSR count). The van der Waals surface area contributed by atoms with Crippen LogP contribution in [0.15, 0.2) is 30.0 Å². The van der Waals surface area contributed by atoms with Crippen LogP contribution in [0.1, 0.15) is 24.8 Å². The van der Waals surface area contributed by atoms with Crippen molar-refractivity contribution in [1.82, 2.24) is 4.98 Å². The molecule has 1 aliphatic rings. The molecule has 0 unspecified atom stereocenters. The first-order valence-corrected chi connectivity index (χ1v) is 5.58. The third kappa shape index (κ3) is 3.07. The summed E-state index contributed by atoms with van der Waals surface area (Å²) in [7, 11) is 0. The number of nitrogens with zero attached hydrogens (tertiary/aromatic N) is 1. The van der Waals surface area contributed by atoms with Crippen LogP contribution in [0.5, 0.6) is 0 Å². The molecule has 1 aromatic heterocycles. The van der Waals surface area contributed by atoms with Gasteiger partial charge in [0, 0.05) is 12.3 Å². The fourth-order valence-electron chi connectivity index (χ4n) is 1.42. The van der Waals surface area contributed by atoms with Crippen LogP contribution < -0.4 is 0 Å². The summed E-state index contributed by atoms with van der Waals surface area (Å²) in [5.74, 6) is -0.275. The first-order valence-electron chi connectivity index (χ1n) is 5.21. The van der Waals surface area contributed by atoms with Crippen LogP contribution in [0.3, 0.4) is 0 Å². The van der Waals surface area contributed by atoms with Gasteiger partial charge in [0.2, 0.25) is 0 Å². The highest BCUT2D eigenvalue weighted by molar-refractivity contribution is 6.29. The molecule has 1 heterocycles. The second kappa shape index (κ2) is 5.12. The zero-order valence-corrected chi connectivity index (χ0v) is 9.54. The van der Waals surface area contributed by atoms with Gasteiger partial charge in [-0.1, -0.05) is 17.2 Å². The van der Waals surface area contributed by atoms with Crippen molar-refractivity contribution in [1.29, 1.82) is 0 Å². The Morgan fingerprint density at radius 2 is 2.38 bits per heavy atom. The lowest BCUT2D eigenvalue weighted by atomic mass is 9.92. The number of pyridine rings is 1. The Morgan fingerprint density at radius 1 is 1.56 bits per heavy atom. The Kier molecular flexibility index (Phi) is 3.57. The molecule has 4 heteroatoms. The SMILES string of the molecule is O=C(C=C1CCC1)OCc1ccnc(Cl)c1. The van der Waals surface area contributed by atoms with E-state index in [4.69, 9.17) is 16.3 Å². The maximum Gasteiger partial charge on any atom is 0.331 e. The summed E-state index contributed by atoms with van der Waals surface area (Å²) in [5, 5.41) is 0.408. The molecule has 0 bridgehead atoms. The highest BCUT2D eigenvalue weighted by atomic mass is 35.5. The van der Waals surface area contributed by atoms with Crippen LogP contribution in [0, 0.1) is 0 Å². The molecule has 0 aromatic carbocycles. The van der Waals surface area contributed by atoms with E-state index in [-0.39, 0.29) is 12.6 Å².